The second-order valence-electron chi connectivity index (χ2n) is 7.31. The number of nitrogens with zero attached hydrogens (tertiary/aromatic N) is 2. The number of nitrogens with one attached hydrogen (secondary N) is 1. The maximum Gasteiger partial charge on any atom is 0.224 e. The molecular weight excluding hydrogens is 369 g/mol. The van der Waals surface area contributed by atoms with Crippen LogP contribution in [0.2, 0.25) is 0 Å². The average molecular weight is 402 g/mol. The van der Waals surface area contributed by atoms with Crippen LogP contribution in [0.1, 0.15) is 38.2 Å². The zero-order valence-electron chi connectivity index (χ0n) is 15.7. The van der Waals surface area contributed by atoms with Gasteiger partial charge in [-0.15, -0.1) is 24.8 Å². The van der Waals surface area contributed by atoms with Crippen LogP contribution < -0.4 is 5.32 Å². The zero-order chi connectivity index (χ0) is 16.8. The highest BCUT2D eigenvalue weighted by Crippen LogP contribution is 2.20. The second kappa shape index (κ2) is 11.8. The minimum atomic E-state index is 0. The normalized spacial score (nSPS) is 22.5. The van der Waals surface area contributed by atoms with Gasteiger partial charge in [-0.1, -0.05) is 30.3 Å². The van der Waals surface area contributed by atoms with Crippen LogP contribution in [0.25, 0.3) is 0 Å². The zero-order valence-corrected chi connectivity index (χ0v) is 17.4. The van der Waals surface area contributed by atoms with Gasteiger partial charge in [0.15, 0.2) is 0 Å². The Hall–Kier alpha value is -0.810. The molecule has 0 spiro atoms. The Morgan fingerprint density at radius 3 is 2.65 bits per heavy atom. The third-order valence-electron chi connectivity index (χ3n) is 5.42. The van der Waals surface area contributed by atoms with Gasteiger partial charge in [0.2, 0.25) is 5.91 Å². The van der Waals surface area contributed by atoms with Crippen LogP contribution in [0.4, 0.5) is 0 Å². The summed E-state index contributed by atoms with van der Waals surface area (Å²) in [6.45, 7) is 8.23. The topological polar surface area (TPSA) is 35.6 Å². The van der Waals surface area contributed by atoms with E-state index in [0.29, 0.717) is 24.3 Å². The molecule has 0 saturated carbocycles. The summed E-state index contributed by atoms with van der Waals surface area (Å²) in [5.41, 5.74) is 1.38. The van der Waals surface area contributed by atoms with Crippen molar-refractivity contribution < 1.29 is 4.79 Å². The van der Waals surface area contributed by atoms with E-state index in [0.717, 1.165) is 45.7 Å². The fraction of sp³-hybridized carbons (Fsp3) is 0.650. The minimum absolute atomic E-state index is 0. The highest BCUT2D eigenvalue weighted by Gasteiger charge is 2.27. The first-order chi connectivity index (χ1) is 11.7. The van der Waals surface area contributed by atoms with Crippen LogP contribution >= 0.6 is 24.8 Å². The molecule has 1 N–H and O–H groups in total. The second-order valence-corrected chi connectivity index (χ2v) is 7.31. The Labute approximate surface area is 170 Å². The first-order valence-corrected chi connectivity index (χ1v) is 9.52. The molecule has 1 amide bonds. The lowest BCUT2D eigenvalue weighted by atomic mass is 10.1. The number of carbonyl (C=O) groups excluding carboxylic acids is 1. The van der Waals surface area contributed by atoms with E-state index < -0.39 is 0 Å². The van der Waals surface area contributed by atoms with E-state index in [1.807, 2.05) is 0 Å². The van der Waals surface area contributed by atoms with Crippen molar-refractivity contribution in [1.29, 1.82) is 0 Å². The molecule has 0 bridgehead atoms. The Morgan fingerprint density at radius 1 is 1.23 bits per heavy atom. The van der Waals surface area contributed by atoms with Crippen LogP contribution in [-0.2, 0) is 11.3 Å². The summed E-state index contributed by atoms with van der Waals surface area (Å²) in [6, 6.07) is 11.1. The molecular formula is C20H33Cl2N3O. The molecule has 2 aliphatic rings. The third-order valence-corrected chi connectivity index (χ3v) is 5.42. The summed E-state index contributed by atoms with van der Waals surface area (Å²) < 4.78 is 0. The van der Waals surface area contributed by atoms with Gasteiger partial charge in [0.25, 0.3) is 0 Å². The van der Waals surface area contributed by atoms with Crippen molar-refractivity contribution in [3.05, 3.63) is 35.9 Å². The van der Waals surface area contributed by atoms with Gasteiger partial charge in [0, 0.05) is 38.6 Å². The van der Waals surface area contributed by atoms with Gasteiger partial charge in [-0.25, -0.2) is 0 Å². The van der Waals surface area contributed by atoms with Crippen LogP contribution in [-0.4, -0.2) is 54.5 Å². The van der Waals surface area contributed by atoms with Gasteiger partial charge in [-0.2, -0.15) is 0 Å². The molecule has 26 heavy (non-hydrogen) atoms. The Balaban J connectivity index is 0.00000169. The first kappa shape index (κ1) is 23.2. The summed E-state index contributed by atoms with van der Waals surface area (Å²) in [6.07, 6.45) is 4.24. The molecule has 2 aliphatic heterocycles. The van der Waals surface area contributed by atoms with Crippen molar-refractivity contribution in [2.75, 3.05) is 32.7 Å². The lowest BCUT2D eigenvalue weighted by Crippen LogP contribution is -2.39. The molecule has 2 fully saturated rings. The van der Waals surface area contributed by atoms with Crippen molar-refractivity contribution in [3.8, 4) is 0 Å². The summed E-state index contributed by atoms with van der Waals surface area (Å²) in [5, 5.41) is 3.44. The van der Waals surface area contributed by atoms with E-state index in [4.69, 9.17) is 0 Å². The fourth-order valence-electron chi connectivity index (χ4n) is 4.04. The summed E-state index contributed by atoms with van der Waals surface area (Å²) in [5.74, 6) is 0.951. The van der Waals surface area contributed by atoms with E-state index in [1.165, 1.54) is 18.4 Å². The molecule has 1 aromatic rings. The van der Waals surface area contributed by atoms with Gasteiger partial charge in [0.1, 0.15) is 0 Å². The fourth-order valence-corrected chi connectivity index (χ4v) is 4.04. The van der Waals surface area contributed by atoms with Gasteiger partial charge in [-0.3, -0.25) is 9.69 Å². The number of rotatable bonds is 7. The number of hydrogen-bond donors (Lipinski definition) is 1. The Bertz CT molecular complexity index is 523. The average Bonchev–Trinajstić information content (AvgIpc) is 3.25. The number of likely N-dealkylation sites (tertiary alicyclic amines) is 1. The molecule has 2 saturated heterocycles. The highest BCUT2D eigenvalue weighted by atomic mass is 35.5. The van der Waals surface area contributed by atoms with Crippen molar-refractivity contribution in [3.63, 3.8) is 0 Å². The van der Waals surface area contributed by atoms with E-state index in [2.05, 4.69) is 52.4 Å². The lowest BCUT2D eigenvalue weighted by molar-refractivity contribution is -0.132. The van der Waals surface area contributed by atoms with E-state index in [1.54, 1.807) is 0 Å². The number of amides is 1. The van der Waals surface area contributed by atoms with Crippen molar-refractivity contribution in [1.82, 2.24) is 15.1 Å². The standard InChI is InChI=1S/C20H31N3O.2ClH/c1-2-23(20(24)13-19-9-6-11-21-19)16-18-10-12-22(15-18)14-17-7-4-3-5-8-17;;/h3-5,7-8,18-19,21H,2,6,9-16H2,1H3;2*1H. The number of carbonyl (C=O) groups is 1. The molecule has 2 unspecified atom stereocenters. The maximum atomic E-state index is 12.6. The predicted molar refractivity (Wildman–Crippen MR) is 112 cm³/mol. The molecule has 0 radical (unpaired) electrons. The van der Waals surface area contributed by atoms with Crippen LogP contribution in [0.15, 0.2) is 30.3 Å². The first-order valence-electron chi connectivity index (χ1n) is 9.52. The maximum absolute atomic E-state index is 12.6. The Kier molecular flexibility index (Phi) is 10.6. The van der Waals surface area contributed by atoms with Crippen molar-refractivity contribution >= 4 is 30.7 Å². The summed E-state index contributed by atoms with van der Waals surface area (Å²) in [4.78, 5) is 17.2. The van der Waals surface area contributed by atoms with E-state index in [-0.39, 0.29) is 24.8 Å². The smallest absolute Gasteiger partial charge is 0.224 e. The predicted octanol–water partition coefficient (Wildman–Crippen LogP) is 3.34. The lowest BCUT2D eigenvalue weighted by Gasteiger charge is -2.26. The van der Waals surface area contributed by atoms with Crippen LogP contribution in [0.3, 0.4) is 0 Å². The molecule has 4 nitrogen and oxygen atoms in total. The molecule has 148 valence electrons. The van der Waals surface area contributed by atoms with Gasteiger partial charge in [-0.05, 0) is 50.8 Å². The van der Waals surface area contributed by atoms with Gasteiger partial charge in [0.05, 0.1) is 0 Å². The number of halogens is 2. The molecule has 3 rings (SSSR count). The third kappa shape index (κ3) is 6.73. The molecule has 0 aliphatic carbocycles. The SMILES string of the molecule is CCN(CC1CCN(Cc2ccccc2)C1)C(=O)CC1CCCN1.Cl.Cl. The van der Waals surface area contributed by atoms with E-state index >= 15 is 0 Å². The van der Waals surface area contributed by atoms with Gasteiger partial charge >= 0.3 is 0 Å². The molecule has 1 aromatic carbocycles. The summed E-state index contributed by atoms with van der Waals surface area (Å²) >= 11 is 0. The number of benzene rings is 1. The van der Waals surface area contributed by atoms with E-state index in [9.17, 15) is 4.79 Å². The molecule has 6 heteroatoms. The largest absolute Gasteiger partial charge is 0.343 e. The molecule has 2 atom stereocenters. The van der Waals surface area contributed by atoms with Crippen LogP contribution in [0, 0.1) is 5.92 Å². The monoisotopic (exact) mass is 401 g/mol. The Morgan fingerprint density at radius 2 is 2.00 bits per heavy atom. The minimum Gasteiger partial charge on any atom is -0.343 e. The summed E-state index contributed by atoms with van der Waals surface area (Å²) in [7, 11) is 0. The van der Waals surface area contributed by atoms with Crippen molar-refractivity contribution in [2.24, 2.45) is 5.92 Å². The van der Waals surface area contributed by atoms with Crippen molar-refractivity contribution in [2.45, 2.75) is 45.2 Å². The molecule has 0 aromatic heterocycles. The van der Waals surface area contributed by atoms with Crippen LogP contribution in [0.5, 0.6) is 0 Å². The quantitative estimate of drug-likeness (QED) is 0.760. The highest BCUT2D eigenvalue weighted by molar-refractivity contribution is 5.85. The number of hydrogen-bond acceptors (Lipinski definition) is 3. The van der Waals surface area contributed by atoms with Gasteiger partial charge < -0.3 is 10.2 Å². The molecule has 2 heterocycles.